The summed E-state index contributed by atoms with van der Waals surface area (Å²) in [5.74, 6) is 0.0825. The molecule has 2 fully saturated rings. The Hall–Kier alpha value is -2.93. The van der Waals surface area contributed by atoms with E-state index in [2.05, 4.69) is 5.32 Å². The van der Waals surface area contributed by atoms with Crippen molar-refractivity contribution in [3.8, 4) is 5.75 Å². The van der Waals surface area contributed by atoms with Crippen LogP contribution in [0.25, 0.3) is 0 Å². The van der Waals surface area contributed by atoms with Gasteiger partial charge in [0.25, 0.3) is 0 Å². The first kappa shape index (κ1) is 29.1. The highest BCUT2D eigenvalue weighted by Gasteiger charge is 2.42. The van der Waals surface area contributed by atoms with Crippen LogP contribution in [0.15, 0.2) is 58.4 Å². The highest BCUT2D eigenvalue weighted by Crippen LogP contribution is 2.35. The fraction of sp³-hybridized carbons (Fsp3) is 0.444. The molecule has 12 heteroatoms. The Morgan fingerprint density at radius 3 is 2.44 bits per heavy atom. The SMILES string of the molecule is CCC(CC)N1C(=O)C(CC(=O)Nc2ccccc2OC)SC1=Nc1ccc(S(=O)(=O)N2CCOCC2)cc1. The third kappa shape index (κ3) is 6.63. The minimum atomic E-state index is -3.62. The molecule has 2 heterocycles. The lowest BCUT2D eigenvalue weighted by Gasteiger charge is -2.26. The Morgan fingerprint density at radius 2 is 1.79 bits per heavy atom. The molecule has 0 saturated carbocycles. The third-order valence-electron chi connectivity index (χ3n) is 6.70. The van der Waals surface area contributed by atoms with Gasteiger partial charge in [0, 0.05) is 25.6 Å². The van der Waals surface area contributed by atoms with E-state index in [1.54, 1.807) is 35.2 Å². The van der Waals surface area contributed by atoms with E-state index in [0.717, 1.165) is 12.8 Å². The molecule has 2 aliphatic rings. The zero-order valence-corrected chi connectivity index (χ0v) is 24.0. The molecule has 1 unspecified atom stereocenters. The van der Waals surface area contributed by atoms with Crippen LogP contribution in [0.2, 0.25) is 0 Å². The molecule has 2 aromatic carbocycles. The Balaban J connectivity index is 1.53. The minimum absolute atomic E-state index is 0.0199. The van der Waals surface area contributed by atoms with Gasteiger partial charge in [0.2, 0.25) is 21.8 Å². The summed E-state index contributed by atoms with van der Waals surface area (Å²) in [7, 11) is -2.09. The number of anilines is 1. The van der Waals surface area contributed by atoms with Gasteiger partial charge >= 0.3 is 0 Å². The molecule has 0 radical (unpaired) electrons. The van der Waals surface area contributed by atoms with Crippen molar-refractivity contribution in [3.63, 3.8) is 0 Å². The zero-order chi connectivity index (χ0) is 28.0. The monoisotopic (exact) mass is 574 g/mol. The fourth-order valence-corrected chi connectivity index (χ4v) is 7.16. The van der Waals surface area contributed by atoms with Crippen LogP contribution in [0, 0.1) is 0 Å². The van der Waals surface area contributed by atoms with Crippen molar-refractivity contribution in [3.05, 3.63) is 48.5 Å². The molecule has 39 heavy (non-hydrogen) atoms. The molecular formula is C27H34N4O6S2. The first-order valence-corrected chi connectivity index (χ1v) is 15.3. The number of para-hydroxylation sites is 2. The van der Waals surface area contributed by atoms with Gasteiger partial charge in [-0.2, -0.15) is 4.31 Å². The van der Waals surface area contributed by atoms with Crippen LogP contribution in [0.5, 0.6) is 5.75 Å². The number of hydrogen-bond donors (Lipinski definition) is 1. The smallest absolute Gasteiger partial charge is 0.243 e. The van der Waals surface area contributed by atoms with Gasteiger partial charge in [0.05, 0.1) is 36.6 Å². The van der Waals surface area contributed by atoms with Crippen LogP contribution >= 0.6 is 11.8 Å². The molecule has 10 nitrogen and oxygen atoms in total. The van der Waals surface area contributed by atoms with Crippen LogP contribution in [0.1, 0.15) is 33.1 Å². The van der Waals surface area contributed by atoms with E-state index in [-0.39, 0.29) is 29.2 Å². The van der Waals surface area contributed by atoms with Crippen molar-refractivity contribution in [1.82, 2.24) is 9.21 Å². The minimum Gasteiger partial charge on any atom is -0.495 e. The second-order valence-electron chi connectivity index (χ2n) is 9.14. The summed E-state index contributed by atoms with van der Waals surface area (Å²) in [4.78, 5) is 32.9. The number of methoxy groups -OCH3 is 1. The number of morpholine rings is 1. The highest BCUT2D eigenvalue weighted by molar-refractivity contribution is 8.15. The molecule has 2 amide bonds. The summed E-state index contributed by atoms with van der Waals surface area (Å²) in [5.41, 5.74) is 1.07. The molecule has 2 aromatic rings. The van der Waals surface area contributed by atoms with Gasteiger partial charge in [0.1, 0.15) is 11.0 Å². The molecule has 0 aromatic heterocycles. The van der Waals surface area contributed by atoms with Gasteiger partial charge in [-0.05, 0) is 49.2 Å². The summed E-state index contributed by atoms with van der Waals surface area (Å²) >= 11 is 1.26. The van der Waals surface area contributed by atoms with E-state index in [9.17, 15) is 18.0 Å². The number of aliphatic imine (C=N–C) groups is 1. The van der Waals surface area contributed by atoms with Crippen LogP contribution in [-0.4, -0.2) is 79.3 Å². The maximum absolute atomic E-state index is 13.5. The maximum atomic E-state index is 13.5. The number of carbonyl (C=O) groups excluding carboxylic acids is 2. The van der Waals surface area contributed by atoms with Gasteiger partial charge < -0.3 is 14.8 Å². The zero-order valence-electron chi connectivity index (χ0n) is 22.3. The van der Waals surface area contributed by atoms with Gasteiger partial charge in [-0.1, -0.05) is 37.7 Å². The Morgan fingerprint density at radius 1 is 1.13 bits per heavy atom. The van der Waals surface area contributed by atoms with E-state index < -0.39 is 15.3 Å². The van der Waals surface area contributed by atoms with E-state index in [0.29, 0.717) is 48.6 Å². The second-order valence-corrected chi connectivity index (χ2v) is 12.3. The van der Waals surface area contributed by atoms with Crippen molar-refractivity contribution in [1.29, 1.82) is 0 Å². The molecular weight excluding hydrogens is 540 g/mol. The number of benzene rings is 2. The number of sulfonamides is 1. The number of amidine groups is 1. The van der Waals surface area contributed by atoms with Crippen molar-refractivity contribution in [2.75, 3.05) is 38.7 Å². The van der Waals surface area contributed by atoms with E-state index in [1.165, 1.54) is 35.3 Å². The molecule has 210 valence electrons. The topological polar surface area (TPSA) is 118 Å². The lowest BCUT2D eigenvalue weighted by molar-refractivity contribution is -0.129. The average molecular weight is 575 g/mol. The number of amides is 2. The summed E-state index contributed by atoms with van der Waals surface area (Å²) in [6, 6.07) is 13.4. The molecule has 1 atom stereocenters. The predicted octanol–water partition coefficient (Wildman–Crippen LogP) is 3.87. The predicted molar refractivity (Wildman–Crippen MR) is 152 cm³/mol. The van der Waals surface area contributed by atoms with E-state index >= 15 is 0 Å². The summed E-state index contributed by atoms with van der Waals surface area (Å²) in [5, 5.41) is 2.72. The standard InChI is InChI=1S/C27H34N4O6S2/c1-4-20(5-2)31-26(33)24(18-25(32)29-22-8-6-7-9-23(22)36-3)38-27(31)28-19-10-12-21(13-11-19)39(34,35)30-14-16-37-17-15-30/h6-13,20,24H,4-5,14-18H2,1-3H3,(H,29,32). The average Bonchev–Trinajstić information content (AvgIpc) is 3.24. The van der Waals surface area contributed by atoms with Crippen molar-refractivity contribution < 1.29 is 27.5 Å². The number of carbonyl (C=O) groups is 2. The van der Waals surface area contributed by atoms with Crippen molar-refractivity contribution in [2.24, 2.45) is 4.99 Å². The first-order valence-electron chi connectivity index (χ1n) is 13.0. The molecule has 4 rings (SSSR count). The van der Waals surface area contributed by atoms with Crippen LogP contribution in [0.4, 0.5) is 11.4 Å². The number of ether oxygens (including phenoxy) is 2. The molecule has 1 N–H and O–H groups in total. The normalized spacial score (nSPS) is 19.6. The van der Waals surface area contributed by atoms with Crippen molar-refractivity contribution >= 4 is 50.1 Å². The Bertz CT molecular complexity index is 1310. The van der Waals surface area contributed by atoms with E-state index in [1.807, 2.05) is 19.9 Å². The maximum Gasteiger partial charge on any atom is 0.243 e. The number of nitrogens with zero attached hydrogens (tertiary/aromatic N) is 3. The first-order chi connectivity index (χ1) is 18.8. The summed E-state index contributed by atoms with van der Waals surface area (Å²) < 4.78 is 37.9. The second kappa shape index (κ2) is 12.9. The van der Waals surface area contributed by atoms with Crippen LogP contribution < -0.4 is 10.1 Å². The summed E-state index contributed by atoms with van der Waals surface area (Å²) in [6.07, 6.45) is 1.45. The van der Waals surface area contributed by atoms with Gasteiger partial charge in [-0.15, -0.1) is 0 Å². The number of hydrogen-bond acceptors (Lipinski definition) is 8. The van der Waals surface area contributed by atoms with Gasteiger partial charge in [-0.25, -0.2) is 13.4 Å². The lowest BCUT2D eigenvalue weighted by Crippen LogP contribution is -2.41. The number of nitrogens with one attached hydrogen (secondary N) is 1. The molecule has 0 bridgehead atoms. The summed E-state index contributed by atoms with van der Waals surface area (Å²) in [6.45, 7) is 5.41. The number of rotatable bonds is 10. The Kier molecular flexibility index (Phi) is 9.65. The highest BCUT2D eigenvalue weighted by atomic mass is 32.2. The Labute approximate surface area is 233 Å². The molecule has 0 aliphatic carbocycles. The van der Waals surface area contributed by atoms with Crippen LogP contribution in [0.3, 0.4) is 0 Å². The fourth-order valence-electron chi connectivity index (χ4n) is 4.54. The number of thioether (sulfide) groups is 1. The molecule has 0 spiro atoms. The van der Waals surface area contributed by atoms with Gasteiger partial charge in [-0.3, -0.25) is 14.5 Å². The lowest BCUT2D eigenvalue weighted by atomic mass is 10.1. The van der Waals surface area contributed by atoms with Gasteiger partial charge in [0.15, 0.2) is 5.17 Å². The quantitative estimate of drug-likeness (QED) is 0.458. The molecule has 2 saturated heterocycles. The van der Waals surface area contributed by atoms with E-state index in [4.69, 9.17) is 14.5 Å². The van der Waals surface area contributed by atoms with Crippen molar-refractivity contribution in [2.45, 2.75) is 49.3 Å². The largest absolute Gasteiger partial charge is 0.495 e. The molecule has 2 aliphatic heterocycles. The third-order valence-corrected chi connectivity index (χ3v) is 9.76. The van der Waals surface area contributed by atoms with Crippen LogP contribution in [-0.2, 0) is 24.3 Å².